The van der Waals surface area contributed by atoms with Crippen LogP contribution in [0.1, 0.15) is 32.3 Å². The third-order valence-electron chi connectivity index (χ3n) is 3.80. The normalized spacial score (nSPS) is 23.3. The number of rotatable bonds is 5. The molecule has 0 aliphatic carbocycles. The van der Waals surface area contributed by atoms with Crippen molar-refractivity contribution >= 4 is 15.8 Å². The van der Waals surface area contributed by atoms with Gasteiger partial charge in [-0.05, 0) is 31.5 Å². The van der Waals surface area contributed by atoms with E-state index in [0.29, 0.717) is 30.0 Å². The van der Waals surface area contributed by atoms with Crippen LogP contribution < -0.4 is 5.32 Å². The van der Waals surface area contributed by atoms with Gasteiger partial charge in [0.1, 0.15) is 0 Å². The Labute approximate surface area is 125 Å². The van der Waals surface area contributed by atoms with Crippen LogP contribution in [0.5, 0.6) is 0 Å². The van der Waals surface area contributed by atoms with Gasteiger partial charge in [-0.25, -0.2) is 8.42 Å². The molecule has 0 bridgehead atoms. The molecule has 0 fully saturated rings. The molecule has 1 atom stereocenters. The predicted molar refractivity (Wildman–Crippen MR) is 79.7 cm³/mol. The molecule has 0 radical (unpaired) electrons. The Morgan fingerprint density at radius 2 is 2.05 bits per heavy atom. The molecule has 1 aromatic rings. The zero-order valence-corrected chi connectivity index (χ0v) is 13.2. The summed E-state index contributed by atoms with van der Waals surface area (Å²) < 4.78 is 29.5. The van der Waals surface area contributed by atoms with E-state index in [-0.39, 0.29) is 18.1 Å². The van der Waals surface area contributed by atoms with Crippen LogP contribution in [-0.4, -0.2) is 33.3 Å². The summed E-state index contributed by atoms with van der Waals surface area (Å²) in [4.78, 5) is 12.3. The van der Waals surface area contributed by atoms with Crippen LogP contribution >= 0.6 is 0 Å². The number of benzene rings is 1. The molecule has 1 aromatic carbocycles. The van der Waals surface area contributed by atoms with Crippen molar-refractivity contribution in [1.82, 2.24) is 5.32 Å². The van der Waals surface area contributed by atoms with Gasteiger partial charge in [0.05, 0.1) is 29.2 Å². The maximum absolute atomic E-state index is 12.2. The van der Waals surface area contributed by atoms with E-state index in [9.17, 15) is 13.2 Å². The molecule has 1 aliphatic rings. The molecule has 1 heterocycles. The average molecular weight is 311 g/mol. The molecule has 5 nitrogen and oxygen atoms in total. The Kier molecular flexibility index (Phi) is 4.68. The lowest BCUT2D eigenvalue weighted by atomic mass is 9.83. The summed E-state index contributed by atoms with van der Waals surface area (Å²) in [5, 5.41) is 3.32. The van der Waals surface area contributed by atoms with E-state index >= 15 is 0 Å². The van der Waals surface area contributed by atoms with Gasteiger partial charge in [-0.3, -0.25) is 4.79 Å². The van der Waals surface area contributed by atoms with Crippen molar-refractivity contribution in [2.24, 2.45) is 0 Å². The molecule has 6 heteroatoms. The quantitative estimate of drug-likeness (QED) is 0.837. The topological polar surface area (TPSA) is 72.5 Å². The van der Waals surface area contributed by atoms with E-state index in [2.05, 4.69) is 5.32 Å². The second-order valence-electron chi connectivity index (χ2n) is 5.16. The van der Waals surface area contributed by atoms with Gasteiger partial charge in [0.2, 0.25) is 0 Å². The summed E-state index contributed by atoms with van der Waals surface area (Å²) in [5.41, 5.74) is 0.00859. The van der Waals surface area contributed by atoms with Gasteiger partial charge >= 0.3 is 5.97 Å². The van der Waals surface area contributed by atoms with Gasteiger partial charge in [-0.2, -0.15) is 0 Å². The summed E-state index contributed by atoms with van der Waals surface area (Å²) >= 11 is 0. The van der Waals surface area contributed by atoms with Gasteiger partial charge in [-0.15, -0.1) is 0 Å². The third-order valence-corrected chi connectivity index (χ3v) is 5.57. The average Bonchev–Trinajstić information content (AvgIpc) is 2.44. The molecule has 0 saturated carbocycles. The monoisotopic (exact) mass is 311 g/mol. The number of esters is 1. The van der Waals surface area contributed by atoms with E-state index < -0.39 is 15.4 Å². The first-order chi connectivity index (χ1) is 9.95. The summed E-state index contributed by atoms with van der Waals surface area (Å²) in [7, 11) is -3.27. The van der Waals surface area contributed by atoms with Crippen molar-refractivity contribution in [1.29, 1.82) is 0 Å². The van der Waals surface area contributed by atoms with Crippen LogP contribution in [0.2, 0.25) is 0 Å². The molecule has 116 valence electrons. The Bertz CT molecular complexity index is 626. The summed E-state index contributed by atoms with van der Waals surface area (Å²) in [5.74, 6) is -0.274. The van der Waals surface area contributed by atoms with Gasteiger partial charge in [0.15, 0.2) is 9.84 Å². The Morgan fingerprint density at radius 3 is 2.71 bits per heavy atom. The van der Waals surface area contributed by atoms with Crippen LogP contribution in [-0.2, 0) is 24.9 Å². The molecule has 0 aromatic heterocycles. The fourth-order valence-electron chi connectivity index (χ4n) is 2.91. The lowest BCUT2D eigenvalue weighted by Crippen LogP contribution is -2.48. The molecule has 0 amide bonds. The zero-order valence-electron chi connectivity index (χ0n) is 12.4. The number of ether oxygens (including phenoxy) is 1. The van der Waals surface area contributed by atoms with Gasteiger partial charge in [0.25, 0.3) is 0 Å². The minimum atomic E-state index is -3.27. The van der Waals surface area contributed by atoms with Crippen LogP contribution in [0, 0.1) is 0 Å². The van der Waals surface area contributed by atoms with E-state index in [1.165, 1.54) is 0 Å². The largest absolute Gasteiger partial charge is 0.466 e. The minimum absolute atomic E-state index is 0.0381. The predicted octanol–water partition coefficient (Wildman–Crippen LogP) is 1.62. The highest BCUT2D eigenvalue weighted by Gasteiger charge is 2.43. The second-order valence-corrected chi connectivity index (χ2v) is 7.24. The summed E-state index contributed by atoms with van der Waals surface area (Å²) in [6, 6.07) is 6.91. The molecular weight excluding hydrogens is 290 g/mol. The van der Waals surface area contributed by atoms with E-state index in [1.54, 1.807) is 31.2 Å². The molecule has 1 N–H and O–H groups in total. The van der Waals surface area contributed by atoms with E-state index in [4.69, 9.17) is 4.74 Å². The Hall–Kier alpha value is -1.40. The van der Waals surface area contributed by atoms with Crippen molar-refractivity contribution in [2.75, 3.05) is 18.9 Å². The number of hydrogen-bond donors (Lipinski definition) is 1. The van der Waals surface area contributed by atoms with Crippen LogP contribution in [0.25, 0.3) is 0 Å². The van der Waals surface area contributed by atoms with Gasteiger partial charge < -0.3 is 10.1 Å². The van der Waals surface area contributed by atoms with E-state index in [0.717, 1.165) is 0 Å². The molecular formula is C15H21NO4S. The smallest absolute Gasteiger partial charge is 0.308 e. The SMILES string of the molecule is CCNC1(CC(=O)OCC)CCS(=O)(=O)c2ccccc21. The molecule has 0 saturated heterocycles. The molecule has 1 aliphatic heterocycles. The maximum Gasteiger partial charge on any atom is 0.308 e. The van der Waals surface area contributed by atoms with Gasteiger partial charge in [0, 0.05) is 0 Å². The first kappa shape index (κ1) is 16.0. The molecule has 21 heavy (non-hydrogen) atoms. The number of carbonyl (C=O) groups is 1. The minimum Gasteiger partial charge on any atom is -0.466 e. The van der Waals surface area contributed by atoms with E-state index in [1.807, 2.05) is 6.92 Å². The highest BCUT2D eigenvalue weighted by atomic mass is 32.2. The fourth-order valence-corrected chi connectivity index (χ4v) is 4.63. The molecule has 0 spiro atoms. The lowest BCUT2D eigenvalue weighted by Gasteiger charge is -2.39. The van der Waals surface area contributed by atoms with Crippen molar-refractivity contribution in [3.63, 3.8) is 0 Å². The number of carbonyl (C=O) groups excluding carboxylic acids is 1. The number of sulfone groups is 1. The maximum atomic E-state index is 12.2. The number of nitrogens with one attached hydrogen (secondary N) is 1. The molecule has 1 unspecified atom stereocenters. The lowest BCUT2D eigenvalue weighted by molar-refractivity contribution is -0.145. The fraction of sp³-hybridized carbons (Fsp3) is 0.533. The van der Waals surface area contributed by atoms with Crippen molar-refractivity contribution in [2.45, 2.75) is 37.1 Å². The van der Waals surface area contributed by atoms with Crippen molar-refractivity contribution < 1.29 is 17.9 Å². The highest BCUT2D eigenvalue weighted by Crippen LogP contribution is 2.39. The molecule has 2 rings (SSSR count). The van der Waals surface area contributed by atoms with Crippen LogP contribution in [0.15, 0.2) is 29.2 Å². The van der Waals surface area contributed by atoms with Crippen LogP contribution in [0.3, 0.4) is 0 Å². The second kappa shape index (κ2) is 6.15. The van der Waals surface area contributed by atoms with Gasteiger partial charge in [-0.1, -0.05) is 25.1 Å². The first-order valence-corrected chi connectivity index (χ1v) is 8.83. The number of fused-ring (bicyclic) bond motifs is 1. The standard InChI is InChI=1S/C15H21NO4S/c1-3-16-15(11-14(17)20-4-2)9-10-21(18,19)13-8-6-5-7-12(13)15/h5-8,16H,3-4,9-11H2,1-2H3. The third kappa shape index (κ3) is 3.11. The summed E-state index contributed by atoms with van der Waals surface area (Å²) in [6.45, 7) is 4.67. The van der Waals surface area contributed by atoms with Crippen molar-refractivity contribution in [3.05, 3.63) is 29.8 Å². The summed E-state index contributed by atoms with van der Waals surface area (Å²) in [6.07, 6.45) is 0.514. The first-order valence-electron chi connectivity index (χ1n) is 7.18. The number of hydrogen-bond acceptors (Lipinski definition) is 5. The Balaban J connectivity index is 2.49. The zero-order chi connectivity index (χ0) is 15.5. The van der Waals surface area contributed by atoms with Crippen molar-refractivity contribution in [3.8, 4) is 0 Å². The van der Waals surface area contributed by atoms with Crippen LogP contribution in [0.4, 0.5) is 0 Å². The highest BCUT2D eigenvalue weighted by molar-refractivity contribution is 7.91. The Morgan fingerprint density at radius 1 is 1.33 bits per heavy atom.